The molecule has 0 saturated heterocycles. The number of carbonyl (C=O) groups excluding carboxylic acids is 1. The molecule has 2 N–H and O–H groups in total. The molecule has 2 aromatic rings. The highest BCUT2D eigenvalue weighted by molar-refractivity contribution is 5.83. The molecule has 0 aliphatic carbocycles. The van der Waals surface area contributed by atoms with E-state index in [1.807, 2.05) is 13.0 Å². The molecule has 0 unspecified atom stereocenters. The molecular formula is C17H24N2O2. The number of hydrogen-bond donors (Lipinski definition) is 1. The number of aromatic nitrogens is 1. The maximum absolute atomic E-state index is 11.3. The number of ether oxygens (including phenoxy) is 1. The fourth-order valence-corrected chi connectivity index (χ4v) is 2.65. The largest absolute Gasteiger partial charge is 0.466 e. The maximum Gasteiger partial charge on any atom is 0.305 e. The molecule has 1 aromatic carbocycles. The molecule has 0 saturated carbocycles. The van der Waals surface area contributed by atoms with Gasteiger partial charge in [0.1, 0.15) is 0 Å². The van der Waals surface area contributed by atoms with Crippen LogP contribution in [0.5, 0.6) is 0 Å². The van der Waals surface area contributed by atoms with Gasteiger partial charge in [-0.1, -0.05) is 24.6 Å². The minimum absolute atomic E-state index is 0.0886. The second-order valence-electron chi connectivity index (χ2n) is 5.18. The molecule has 0 aliphatic heterocycles. The van der Waals surface area contributed by atoms with Crippen molar-refractivity contribution in [3.05, 3.63) is 36.0 Å². The highest BCUT2D eigenvalue weighted by atomic mass is 16.5. The highest BCUT2D eigenvalue weighted by Gasteiger charge is 2.06. The molecule has 114 valence electrons. The SMILES string of the molecule is CCOC(=O)CCCCCn1ccc2cccc(CN)c21. The fourth-order valence-electron chi connectivity index (χ4n) is 2.65. The van der Waals surface area contributed by atoms with Gasteiger partial charge in [-0.05, 0) is 36.8 Å². The van der Waals surface area contributed by atoms with Crippen molar-refractivity contribution in [2.75, 3.05) is 6.61 Å². The first kappa shape index (κ1) is 15.6. The summed E-state index contributed by atoms with van der Waals surface area (Å²) in [4.78, 5) is 11.3. The van der Waals surface area contributed by atoms with Crippen LogP contribution in [0.1, 0.15) is 38.2 Å². The average molecular weight is 288 g/mol. The van der Waals surface area contributed by atoms with E-state index in [4.69, 9.17) is 10.5 Å². The van der Waals surface area contributed by atoms with Gasteiger partial charge in [-0.2, -0.15) is 0 Å². The van der Waals surface area contributed by atoms with Gasteiger partial charge in [0.15, 0.2) is 0 Å². The lowest BCUT2D eigenvalue weighted by atomic mass is 10.1. The van der Waals surface area contributed by atoms with Crippen LogP contribution in [-0.2, 0) is 22.6 Å². The van der Waals surface area contributed by atoms with Crippen LogP contribution >= 0.6 is 0 Å². The molecule has 0 bridgehead atoms. The van der Waals surface area contributed by atoms with Crippen LogP contribution < -0.4 is 5.73 Å². The molecule has 2 rings (SSSR count). The molecule has 4 nitrogen and oxygen atoms in total. The van der Waals surface area contributed by atoms with Gasteiger partial charge in [0, 0.05) is 25.7 Å². The summed E-state index contributed by atoms with van der Waals surface area (Å²) < 4.78 is 7.19. The number of para-hydroxylation sites is 1. The van der Waals surface area contributed by atoms with Gasteiger partial charge in [-0.25, -0.2) is 0 Å². The molecule has 1 heterocycles. The second-order valence-corrected chi connectivity index (χ2v) is 5.18. The molecule has 1 aromatic heterocycles. The lowest BCUT2D eigenvalue weighted by molar-refractivity contribution is -0.143. The summed E-state index contributed by atoms with van der Waals surface area (Å²) in [7, 11) is 0. The molecule has 0 radical (unpaired) electrons. The molecule has 0 spiro atoms. The first-order valence-corrected chi connectivity index (χ1v) is 7.68. The Hall–Kier alpha value is -1.81. The number of rotatable bonds is 8. The molecule has 0 aliphatic rings. The number of nitrogens with zero attached hydrogens (tertiary/aromatic N) is 1. The normalized spacial score (nSPS) is 11.0. The zero-order valence-corrected chi connectivity index (χ0v) is 12.7. The predicted molar refractivity (Wildman–Crippen MR) is 84.9 cm³/mol. The second kappa shape index (κ2) is 7.84. The molecule has 0 fully saturated rings. The van der Waals surface area contributed by atoms with E-state index < -0.39 is 0 Å². The highest BCUT2D eigenvalue weighted by Crippen LogP contribution is 2.20. The van der Waals surface area contributed by atoms with E-state index in [2.05, 4.69) is 29.0 Å². The number of unbranched alkanes of at least 4 members (excludes halogenated alkanes) is 2. The van der Waals surface area contributed by atoms with Crippen LogP contribution in [0.2, 0.25) is 0 Å². The Balaban J connectivity index is 1.85. The maximum atomic E-state index is 11.3. The number of nitrogens with two attached hydrogens (primary N) is 1. The van der Waals surface area contributed by atoms with Crippen molar-refractivity contribution in [1.82, 2.24) is 4.57 Å². The predicted octanol–water partition coefficient (Wildman–Crippen LogP) is 3.22. The lowest BCUT2D eigenvalue weighted by Gasteiger charge is -2.08. The van der Waals surface area contributed by atoms with Gasteiger partial charge in [0.25, 0.3) is 0 Å². The minimum atomic E-state index is -0.0886. The first-order valence-electron chi connectivity index (χ1n) is 7.68. The Morgan fingerprint density at radius 1 is 1.24 bits per heavy atom. The standard InChI is InChI=1S/C17H24N2O2/c1-2-21-16(20)9-4-3-5-11-19-12-10-14-7-6-8-15(13-18)17(14)19/h6-8,10,12H,2-5,9,11,13,18H2,1H3. The van der Waals surface area contributed by atoms with Crippen molar-refractivity contribution in [3.8, 4) is 0 Å². The van der Waals surface area contributed by atoms with Crippen LogP contribution in [0.3, 0.4) is 0 Å². The van der Waals surface area contributed by atoms with Gasteiger partial charge >= 0.3 is 5.97 Å². The topological polar surface area (TPSA) is 57.2 Å². The molecule has 4 heteroatoms. The third kappa shape index (κ3) is 4.08. The minimum Gasteiger partial charge on any atom is -0.466 e. The van der Waals surface area contributed by atoms with Crippen LogP contribution in [0.15, 0.2) is 30.5 Å². The zero-order chi connectivity index (χ0) is 15.1. The Morgan fingerprint density at radius 2 is 2.10 bits per heavy atom. The van der Waals surface area contributed by atoms with E-state index in [9.17, 15) is 4.79 Å². The van der Waals surface area contributed by atoms with Crippen LogP contribution in [0, 0.1) is 0 Å². The number of aryl methyl sites for hydroxylation is 1. The Labute approximate surface area is 125 Å². The van der Waals surface area contributed by atoms with E-state index in [-0.39, 0.29) is 5.97 Å². The summed E-state index contributed by atoms with van der Waals surface area (Å²) in [5, 5.41) is 1.24. The van der Waals surface area contributed by atoms with Crippen LogP contribution in [0.4, 0.5) is 0 Å². The summed E-state index contributed by atoms with van der Waals surface area (Å²) in [6.07, 6.45) is 5.62. The van der Waals surface area contributed by atoms with Crippen molar-refractivity contribution < 1.29 is 9.53 Å². The average Bonchev–Trinajstić information content (AvgIpc) is 2.90. The van der Waals surface area contributed by atoms with E-state index >= 15 is 0 Å². The smallest absolute Gasteiger partial charge is 0.305 e. The summed E-state index contributed by atoms with van der Waals surface area (Å²) >= 11 is 0. The van der Waals surface area contributed by atoms with Gasteiger partial charge in [0.2, 0.25) is 0 Å². The summed E-state index contributed by atoms with van der Waals surface area (Å²) in [5.41, 5.74) is 8.24. The summed E-state index contributed by atoms with van der Waals surface area (Å²) in [5.74, 6) is -0.0886. The monoisotopic (exact) mass is 288 g/mol. The van der Waals surface area contributed by atoms with Crippen molar-refractivity contribution in [3.63, 3.8) is 0 Å². The van der Waals surface area contributed by atoms with E-state index in [1.165, 1.54) is 16.5 Å². The number of carbonyl (C=O) groups is 1. The molecule has 0 atom stereocenters. The summed E-state index contributed by atoms with van der Waals surface area (Å²) in [6.45, 7) is 3.83. The number of esters is 1. The van der Waals surface area contributed by atoms with Gasteiger partial charge in [0.05, 0.1) is 12.1 Å². The van der Waals surface area contributed by atoms with Crippen LogP contribution in [-0.4, -0.2) is 17.1 Å². The zero-order valence-electron chi connectivity index (χ0n) is 12.7. The molecular weight excluding hydrogens is 264 g/mol. The van der Waals surface area contributed by atoms with Crippen molar-refractivity contribution in [2.24, 2.45) is 5.73 Å². The van der Waals surface area contributed by atoms with Gasteiger partial charge in [-0.3, -0.25) is 4.79 Å². The van der Waals surface area contributed by atoms with Crippen molar-refractivity contribution in [2.45, 2.75) is 45.7 Å². The first-order chi connectivity index (χ1) is 10.3. The van der Waals surface area contributed by atoms with E-state index in [0.29, 0.717) is 19.6 Å². The van der Waals surface area contributed by atoms with E-state index in [0.717, 1.165) is 25.8 Å². The van der Waals surface area contributed by atoms with Gasteiger partial charge in [-0.15, -0.1) is 0 Å². The summed E-state index contributed by atoms with van der Waals surface area (Å²) in [6, 6.07) is 8.38. The molecule has 21 heavy (non-hydrogen) atoms. The van der Waals surface area contributed by atoms with Crippen molar-refractivity contribution in [1.29, 1.82) is 0 Å². The third-order valence-electron chi connectivity index (χ3n) is 3.68. The number of hydrogen-bond acceptors (Lipinski definition) is 3. The van der Waals surface area contributed by atoms with E-state index in [1.54, 1.807) is 0 Å². The van der Waals surface area contributed by atoms with Gasteiger partial charge < -0.3 is 15.0 Å². The lowest BCUT2D eigenvalue weighted by Crippen LogP contribution is -2.04. The Morgan fingerprint density at radius 3 is 2.86 bits per heavy atom. The Kier molecular flexibility index (Phi) is 5.81. The number of benzene rings is 1. The third-order valence-corrected chi connectivity index (χ3v) is 3.68. The molecule has 0 amide bonds. The van der Waals surface area contributed by atoms with Crippen molar-refractivity contribution >= 4 is 16.9 Å². The number of fused-ring (bicyclic) bond motifs is 1. The Bertz CT molecular complexity index is 589. The van der Waals surface area contributed by atoms with Crippen LogP contribution in [0.25, 0.3) is 10.9 Å². The fraction of sp³-hybridized carbons (Fsp3) is 0.471. The quantitative estimate of drug-likeness (QED) is 0.599.